The summed E-state index contributed by atoms with van der Waals surface area (Å²) in [4.78, 5) is 4.32. The summed E-state index contributed by atoms with van der Waals surface area (Å²) in [7, 11) is 0. The Morgan fingerprint density at radius 2 is 1.92 bits per heavy atom. The molecule has 0 amide bonds. The largest absolute Gasteiger partial charge is 0.507 e. The lowest BCUT2D eigenvalue weighted by molar-refractivity contribution is 0.0580. The van der Waals surface area contributed by atoms with Crippen molar-refractivity contribution in [3.05, 3.63) is 53.7 Å². The molecule has 1 aromatic carbocycles. The van der Waals surface area contributed by atoms with Crippen LogP contribution in [0.5, 0.6) is 11.6 Å². The van der Waals surface area contributed by atoms with Crippen molar-refractivity contribution >= 4 is 0 Å². The van der Waals surface area contributed by atoms with Gasteiger partial charge in [-0.15, -0.1) is 0 Å². The Balaban J connectivity index is 2.22. The Labute approximate surface area is 140 Å². The monoisotopic (exact) mass is 327 g/mol. The van der Waals surface area contributed by atoms with Crippen LogP contribution in [0.2, 0.25) is 0 Å². The molecule has 0 fully saturated rings. The molecule has 1 unspecified atom stereocenters. The molecule has 24 heavy (non-hydrogen) atoms. The third-order valence-electron chi connectivity index (χ3n) is 4.76. The van der Waals surface area contributed by atoms with Gasteiger partial charge >= 0.3 is 0 Å². The fourth-order valence-electron chi connectivity index (χ4n) is 3.26. The van der Waals surface area contributed by atoms with E-state index in [4.69, 9.17) is 4.74 Å². The number of allylic oxidation sites excluding steroid dienone is 1. The van der Waals surface area contributed by atoms with Gasteiger partial charge in [0.15, 0.2) is 0 Å². The molecule has 2 aromatic rings. The third-order valence-corrected chi connectivity index (χ3v) is 4.76. The molecule has 0 saturated heterocycles. The third kappa shape index (κ3) is 2.28. The van der Waals surface area contributed by atoms with Crippen LogP contribution in [0, 0.1) is 0 Å². The number of aliphatic hydroxyl groups excluding tert-OH is 2. The van der Waals surface area contributed by atoms with Crippen molar-refractivity contribution in [2.75, 3.05) is 13.2 Å². The van der Waals surface area contributed by atoms with Crippen LogP contribution in [0.1, 0.15) is 19.4 Å². The second-order valence-corrected chi connectivity index (χ2v) is 6.07. The Hall–Kier alpha value is -2.37. The quantitative estimate of drug-likeness (QED) is 0.751. The van der Waals surface area contributed by atoms with Gasteiger partial charge in [-0.3, -0.25) is 0 Å². The number of pyridine rings is 1. The van der Waals surface area contributed by atoms with E-state index in [0.717, 1.165) is 11.1 Å². The number of rotatable bonds is 4. The Morgan fingerprint density at radius 3 is 2.50 bits per heavy atom. The SMILES string of the molecule is C/C=C(\C)C1Oc2ncc(-c3ccccc3)c(O)c2C1(CO)CO. The van der Waals surface area contributed by atoms with Crippen molar-refractivity contribution in [1.82, 2.24) is 4.98 Å². The minimum absolute atomic E-state index is 0.0132. The zero-order chi connectivity index (χ0) is 17.3. The summed E-state index contributed by atoms with van der Waals surface area (Å²) in [6.45, 7) is 3.01. The second-order valence-electron chi connectivity index (χ2n) is 6.07. The van der Waals surface area contributed by atoms with E-state index in [-0.39, 0.29) is 24.8 Å². The van der Waals surface area contributed by atoms with Gasteiger partial charge in [0.1, 0.15) is 11.9 Å². The lowest BCUT2D eigenvalue weighted by Gasteiger charge is -2.31. The van der Waals surface area contributed by atoms with E-state index >= 15 is 0 Å². The summed E-state index contributed by atoms with van der Waals surface area (Å²) < 4.78 is 5.87. The van der Waals surface area contributed by atoms with Crippen LogP contribution in [0.3, 0.4) is 0 Å². The van der Waals surface area contributed by atoms with Gasteiger partial charge in [-0.25, -0.2) is 4.98 Å². The number of hydrogen-bond donors (Lipinski definition) is 3. The lowest BCUT2D eigenvalue weighted by atomic mass is 9.75. The maximum atomic E-state index is 10.9. The van der Waals surface area contributed by atoms with Crippen molar-refractivity contribution in [1.29, 1.82) is 0 Å². The number of nitrogens with zero attached hydrogens (tertiary/aromatic N) is 1. The fourth-order valence-corrected chi connectivity index (χ4v) is 3.26. The first-order chi connectivity index (χ1) is 11.6. The van der Waals surface area contributed by atoms with Gasteiger partial charge in [0.25, 0.3) is 0 Å². The van der Waals surface area contributed by atoms with Crippen molar-refractivity contribution in [2.45, 2.75) is 25.4 Å². The van der Waals surface area contributed by atoms with Crippen molar-refractivity contribution < 1.29 is 20.1 Å². The molecule has 126 valence electrons. The number of benzene rings is 1. The van der Waals surface area contributed by atoms with Crippen molar-refractivity contribution in [3.8, 4) is 22.8 Å². The number of aromatic nitrogens is 1. The summed E-state index contributed by atoms with van der Waals surface area (Å²) >= 11 is 0. The fraction of sp³-hybridized carbons (Fsp3) is 0.316. The number of aromatic hydroxyl groups is 1. The number of hydrogen-bond acceptors (Lipinski definition) is 5. The normalized spacial score (nSPS) is 19.0. The van der Waals surface area contributed by atoms with Crippen LogP contribution in [-0.2, 0) is 5.41 Å². The van der Waals surface area contributed by atoms with E-state index in [1.807, 2.05) is 50.3 Å². The second kappa shape index (κ2) is 6.26. The topological polar surface area (TPSA) is 82.8 Å². The minimum atomic E-state index is -1.13. The van der Waals surface area contributed by atoms with Crippen LogP contribution in [0.25, 0.3) is 11.1 Å². The van der Waals surface area contributed by atoms with Gasteiger partial charge in [0.2, 0.25) is 5.88 Å². The molecule has 0 spiro atoms. The van der Waals surface area contributed by atoms with E-state index in [9.17, 15) is 15.3 Å². The number of ether oxygens (including phenoxy) is 1. The molecule has 5 nitrogen and oxygen atoms in total. The van der Waals surface area contributed by atoms with E-state index < -0.39 is 11.5 Å². The summed E-state index contributed by atoms with van der Waals surface area (Å²) in [5, 5.41) is 31.0. The zero-order valence-electron chi connectivity index (χ0n) is 13.7. The predicted octanol–water partition coefficient (Wildman–Crippen LogP) is 2.40. The molecule has 0 saturated carbocycles. The van der Waals surface area contributed by atoms with Crippen molar-refractivity contribution in [3.63, 3.8) is 0 Å². The summed E-state index contributed by atoms with van der Waals surface area (Å²) in [5.41, 5.74) is 1.44. The summed E-state index contributed by atoms with van der Waals surface area (Å²) in [5.74, 6) is 0.238. The van der Waals surface area contributed by atoms with Crippen LogP contribution in [0.4, 0.5) is 0 Å². The summed E-state index contributed by atoms with van der Waals surface area (Å²) in [6.07, 6.45) is 2.85. The molecule has 1 aliphatic rings. The first-order valence-corrected chi connectivity index (χ1v) is 7.88. The maximum Gasteiger partial charge on any atom is 0.221 e. The molecular weight excluding hydrogens is 306 g/mol. The number of fused-ring (bicyclic) bond motifs is 1. The smallest absolute Gasteiger partial charge is 0.221 e. The Kier molecular flexibility index (Phi) is 4.30. The molecule has 2 heterocycles. The van der Waals surface area contributed by atoms with Gasteiger partial charge in [0, 0.05) is 11.8 Å². The van der Waals surface area contributed by atoms with Gasteiger partial charge in [-0.1, -0.05) is 36.4 Å². The highest BCUT2D eigenvalue weighted by atomic mass is 16.5. The molecule has 1 atom stereocenters. The van der Waals surface area contributed by atoms with Gasteiger partial charge in [-0.2, -0.15) is 0 Å². The van der Waals surface area contributed by atoms with E-state index in [0.29, 0.717) is 11.1 Å². The number of aliphatic hydroxyl groups is 2. The van der Waals surface area contributed by atoms with Gasteiger partial charge in [-0.05, 0) is 25.0 Å². The predicted molar refractivity (Wildman–Crippen MR) is 91.0 cm³/mol. The first kappa shape index (κ1) is 16.5. The minimum Gasteiger partial charge on any atom is -0.507 e. The highest BCUT2D eigenvalue weighted by Crippen LogP contribution is 2.50. The highest BCUT2D eigenvalue weighted by Gasteiger charge is 2.52. The zero-order valence-corrected chi connectivity index (χ0v) is 13.7. The molecular formula is C19H21NO4. The standard InChI is InChI=1S/C19H21NO4/c1-3-12(2)17-19(10-21,11-22)15-16(23)14(9-20-18(15)24-17)13-7-5-4-6-8-13/h3-9,17,21-22H,10-11H2,1-2H3,(H,20,23)/b12-3+. The first-order valence-electron chi connectivity index (χ1n) is 7.88. The van der Waals surface area contributed by atoms with Gasteiger partial charge in [0.05, 0.1) is 24.2 Å². The van der Waals surface area contributed by atoms with Crippen LogP contribution >= 0.6 is 0 Å². The average molecular weight is 327 g/mol. The lowest BCUT2D eigenvalue weighted by Crippen LogP contribution is -2.45. The van der Waals surface area contributed by atoms with Crippen LogP contribution < -0.4 is 4.74 Å². The van der Waals surface area contributed by atoms with Crippen LogP contribution in [0.15, 0.2) is 48.2 Å². The maximum absolute atomic E-state index is 10.9. The van der Waals surface area contributed by atoms with Gasteiger partial charge < -0.3 is 20.1 Å². The molecule has 5 heteroatoms. The molecule has 3 N–H and O–H groups in total. The average Bonchev–Trinajstić information content (AvgIpc) is 2.97. The van der Waals surface area contributed by atoms with Crippen molar-refractivity contribution in [2.24, 2.45) is 0 Å². The molecule has 0 radical (unpaired) electrons. The molecule has 3 rings (SSSR count). The van der Waals surface area contributed by atoms with E-state index in [1.54, 1.807) is 6.20 Å². The Bertz CT molecular complexity index is 766. The van der Waals surface area contributed by atoms with E-state index in [1.165, 1.54) is 0 Å². The molecule has 0 aliphatic carbocycles. The molecule has 1 aliphatic heterocycles. The molecule has 1 aromatic heterocycles. The highest BCUT2D eigenvalue weighted by molar-refractivity contribution is 5.74. The van der Waals surface area contributed by atoms with Crippen LogP contribution in [-0.4, -0.2) is 39.6 Å². The Morgan fingerprint density at radius 1 is 1.25 bits per heavy atom. The van der Waals surface area contributed by atoms with E-state index in [2.05, 4.69) is 4.98 Å². The molecule has 0 bridgehead atoms. The summed E-state index contributed by atoms with van der Waals surface area (Å²) in [6, 6.07) is 9.37.